The van der Waals surface area contributed by atoms with Crippen LogP contribution in [0.2, 0.25) is 0 Å². The van der Waals surface area contributed by atoms with Crippen LogP contribution in [0.1, 0.15) is 12.0 Å². The van der Waals surface area contributed by atoms with Crippen molar-refractivity contribution < 1.29 is 19.1 Å². The van der Waals surface area contributed by atoms with Gasteiger partial charge in [0.05, 0.1) is 10.6 Å². The van der Waals surface area contributed by atoms with Crippen LogP contribution in [0.25, 0.3) is 6.08 Å². The fourth-order valence-electron chi connectivity index (χ4n) is 2.45. The second kappa shape index (κ2) is 8.32. The van der Waals surface area contributed by atoms with Crippen LogP contribution in [0.15, 0.2) is 53.4 Å². The molecule has 0 bridgehead atoms. The molecule has 2 amide bonds. The van der Waals surface area contributed by atoms with Gasteiger partial charge in [0.15, 0.2) is 0 Å². The number of benzene rings is 2. The maximum absolute atomic E-state index is 13.3. The van der Waals surface area contributed by atoms with Gasteiger partial charge in [0.2, 0.25) is 5.91 Å². The molecule has 8 heteroatoms. The molecule has 5 nitrogen and oxygen atoms in total. The van der Waals surface area contributed by atoms with Crippen LogP contribution in [-0.4, -0.2) is 32.7 Å². The van der Waals surface area contributed by atoms with Gasteiger partial charge in [-0.3, -0.25) is 14.5 Å². The molecule has 2 aromatic carbocycles. The summed E-state index contributed by atoms with van der Waals surface area (Å²) in [6.07, 6.45) is 1.60. The van der Waals surface area contributed by atoms with Crippen molar-refractivity contribution in [1.82, 2.24) is 4.90 Å². The Balaban J connectivity index is 1.62. The predicted molar refractivity (Wildman–Crippen MR) is 108 cm³/mol. The molecule has 1 heterocycles. The molecule has 0 aliphatic carbocycles. The first-order valence-corrected chi connectivity index (χ1v) is 9.25. The number of para-hydroxylation sites is 2. The van der Waals surface area contributed by atoms with Crippen LogP contribution in [-0.2, 0) is 9.59 Å². The summed E-state index contributed by atoms with van der Waals surface area (Å²) in [6.45, 7) is 0.116. The van der Waals surface area contributed by atoms with Crippen molar-refractivity contribution in [3.8, 4) is 5.75 Å². The van der Waals surface area contributed by atoms with E-state index in [2.05, 4.69) is 5.32 Å². The molecule has 0 spiro atoms. The number of anilines is 1. The van der Waals surface area contributed by atoms with Crippen LogP contribution in [0.5, 0.6) is 5.75 Å². The first-order chi connectivity index (χ1) is 12.9. The molecule has 2 aromatic rings. The highest BCUT2D eigenvalue weighted by molar-refractivity contribution is 8.26. The average molecular weight is 402 g/mol. The molecule has 1 aliphatic heterocycles. The zero-order valence-electron chi connectivity index (χ0n) is 14.0. The van der Waals surface area contributed by atoms with Crippen LogP contribution in [0.3, 0.4) is 0 Å². The summed E-state index contributed by atoms with van der Waals surface area (Å²) in [7, 11) is 0. The van der Waals surface area contributed by atoms with Gasteiger partial charge in [0.25, 0.3) is 5.91 Å². The number of hydrogen-bond acceptors (Lipinski definition) is 5. The maximum Gasteiger partial charge on any atom is 0.266 e. The van der Waals surface area contributed by atoms with Crippen molar-refractivity contribution >= 4 is 51.9 Å². The molecule has 0 radical (unpaired) electrons. The Morgan fingerprint density at radius 2 is 2.04 bits per heavy atom. The fraction of sp³-hybridized carbons (Fsp3) is 0.105. The number of phenolic OH excluding ortho intramolecular Hbond substituents is 1. The molecule has 1 saturated heterocycles. The third-order valence-corrected chi connectivity index (χ3v) is 5.14. The van der Waals surface area contributed by atoms with Gasteiger partial charge in [-0.15, -0.1) is 0 Å². The lowest BCUT2D eigenvalue weighted by Gasteiger charge is -2.14. The van der Waals surface area contributed by atoms with Crippen LogP contribution in [0.4, 0.5) is 10.1 Å². The third kappa shape index (κ3) is 4.72. The molecule has 2 N–H and O–H groups in total. The van der Waals surface area contributed by atoms with E-state index in [1.807, 2.05) is 0 Å². The number of amides is 2. The highest BCUT2D eigenvalue weighted by Crippen LogP contribution is 2.32. The number of nitrogens with one attached hydrogen (secondary N) is 1. The first-order valence-electron chi connectivity index (χ1n) is 8.03. The lowest BCUT2D eigenvalue weighted by atomic mass is 10.2. The predicted octanol–water partition coefficient (Wildman–Crippen LogP) is 3.76. The van der Waals surface area contributed by atoms with E-state index < -0.39 is 0 Å². The first kappa shape index (κ1) is 19.1. The molecule has 0 atom stereocenters. The van der Waals surface area contributed by atoms with Gasteiger partial charge in [-0.05, 0) is 35.9 Å². The molecule has 3 rings (SSSR count). The molecular formula is C19H15FN2O3S2. The summed E-state index contributed by atoms with van der Waals surface area (Å²) in [5, 5.41) is 12.3. The van der Waals surface area contributed by atoms with Gasteiger partial charge in [-0.1, -0.05) is 48.2 Å². The zero-order valence-corrected chi connectivity index (χ0v) is 15.6. The van der Waals surface area contributed by atoms with Crippen molar-refractivity contribution in [3.63, 3.8) is 0 Å². The lowest BCUT2D eigenvalue weighted by Crippen LogP contribution is -2.31. The summed E-state index contributed by atoms with van der Waals surface area (Å²) in [5.74, 6) is -1.08. The quantitative estimate of drug-likeness (QED) is 0.453. The molecular weight excluding hydrogens is 387 g/mol. The third-order valence-electron chi connectivity index (χ3n) is 3.76. The number of carbonyl (C=O) groups excluding carboxylic acids is 2. The fourth-order valence-corrected chi connectivity index (χ4v) is 3.75. The summed E-state index contributed by atoms with van der Waals surface area (Å²) < 4.78 is 13.6. The Bertz CT molecular complexity index is 946. The van der Waals surface area contributed by atoms with E-state index in [0.717, 1.165) is 11.8 Å². The minimum atomic E-state index is -0.389. The number of thiocarbonyl (C=S) groups is 1. The SMILES string of the molecule is O=C(CCN1C(=O)/C(=C\c2cccc(F)c2)SC1=S)Nc1ccccc1O. The largest absolute Gasteiger partial charge is 0.506 e. The minimum Gasteiger partial charge on any atom is -0.506 e. The average Bonchev–Trinajstić information content (AvgIpc) is 2.88. The molecule has 1 aliphatic rings. The second-order valence-corrected chi connectivity index (χ2v) is 7.38. The van der Waals surface area contributed by atoms with Gasteiger partial charge in [-0.2, -0.15) is 0 Å². The van der Waals surface area contributed by atoms with E-state index in [9.17, 15) is 19.1 Å². The Morgan fingerprint density at radius 3 is 2.78 bits per heavy atom. The number of rotatable bonds is 5. The van der Waals surface area contributed by atoms with Gasteiger partial charge in [-0.25, -0.2) is 4.39 Å². The lowest BCUT2D eigenvalue weighted by molar-refractivity contribution is -0.122. The number of aromatic hydroxyl groups is 1. The standard InChI is InChI=1S/C19H15FN2O3S2/c20-13-5-3-4-12(10-13)11-16-18(25)22(19(26)27-16)9-8-17(24)21-14-6-1-2-7-15(14)23/h1-7,10-11,23H,8-9H2,(H,21,24)/b16-11+. The Labute approximate surface area is 164 Å². The highest BCUT2D eigenvalue weighted by atomic mass is 32.2. The van der Waals surface area contributed by atoms with E-state index in [0.29, 0.717) is 20.5 Å². The van der Waals surface area contributed by atoms with Gasteiger partial charge in [0.1, 0.15) is 15.9 Å². The number of halogens is 1. The minimum absolute atomic E-state index is 0.0218. The van der Waals surface area contributed by atoms with E-state index >= 15 is 0 Å². The number of phenols is 1. The van der Waals surface area contributed by atoms with E-state index in [-0.39, 0.29) is 36.3 Å². The number of hydrogen-bond donors (Lipinski definition) is 2. The Morgan fingerprint density at radius 1 is 1.26 bits per heavy atom. The summed E-state index contributed by atoms with van der Waals surface area (Å²) in [4.78, 5) is 26.3. The Hall–Kier alpha value is -2.71. The van der Waals surface area contributed by atoms with Crippen LogP contribution in [0, 0.1) is 5.82 Å². The second-order valence-electron chi connectivity index (χ2n) is 5.70. The maximum atomic E-state index is 13.3. The van der Waals surface area contributed by atoms with Crippen LogP contribution < -0.4 is 5.32 Å². The van der Waals surface area contributed by atoms with E-state index in [1.54, 1.807) is 36.4 Å². The smallest absolute Gasteiger partial charge is 0.266 e. The van der Waals surface area contributed by atoms with E-state index in [4.69, 9.17) is 12.2 Å². The number of thioether (sulfide) groups is 1. The summed E-state index contributed by atoms with van der Waals surface area (Å²) >= 11 is 6.34. The highest BCUT2D eigenvalue weighted by Gasteiger charge is 2.32. The van der Waals surface area contributed by atoms with Crippen molar-refractivity contribution in [2.45, 2.75) is 6.42 Å². The topological polar surface area (TPSA) is 69.6 Å². The van der Waals surface area contributed by atoms with E-state index in [1.165, 1.54) is 23.1 Å². The normalized spacial score (nSPS) is 15.4. The number of carbonyl (C=O) groups is 2. The number of nitrogens with zero attached hydrogens (tertiary/aromatic N) is 1. The van der Waals surface area contributed by atoms with Crippen molar-refractivity contribution in [2.24, 2.45) is 0 Å². The zero-order chi connectivity index (χ0) is 19.4. The molecule has 0 unspecified atom stereocenters. The van der Waals surface area contributed by atoms with Crippen LogP contribution >= 0.6 is 24.0 Å². The van der Waals surface area contributed by atoms with Gasteiger partial charge in [0, 0.05) is 13.0 Å². The monoisotopic (exact) mass is 402 g/mol. The summed E-state index contributed by atoms with van der Waals surface area (Å²) in [5.41, 5.74) is 0.867. The summed E-state index contributed by atoms with van der Waals surface area (Å²) in [6, 6.07) is 12.3. The van der Waals surface area contributed by atoms with Crippen molar-refractivity contribution in [3.05, 3.63) is 64.8 Å². The molecule has 27 heavy (non-hydrogen) atoms. The van der Waals surface area contributed by atoms with Gasteiger partial charge < -0.3 is 10.4 Å². The Kier molecular flexibility index (Phi) is 5.88. The molecule has 138 valence electrons. The van der Waals surface area contributed by atoms with Crippen molar-refractivity contribution in [2.75, 3.05) is 11.9 Å². The molecule has 1 fully saturated rings. The molecule has 0 aromatic heterocycles. The molecule has 0 saturated carbocycles. The van der Waals surface area contributed by atoms with Gasteiger partial charge >= 0.3 is 0 Å². The van der Waals surface area contributed by atoms with Crippen molar-refractivity contribution in [1.29, 1.82) is 0 Å².